The van der Waals surface area contributed by atoms with Crippen molar-refractivity contribution in [1.29, 1.82) is 0 Å². The Kier molecular flexibility index (Phi) is 3.83. The fourth-order valence-corrected chi connectivity index (χ4v) is 3.97. The number of hydrogen-bond acceptors (Lipinski definition) is 1. The van der Waals surface area contributed by atoms with Crippen molar-refractivity contribution in [3.8, 4) is 0 Å². The molecule has 1 heterocycles. The van der Waals surface area contributed by atoms with E-state index in [1.165, 1.54) is 37.8 Å². The van der Waals surface area contributed by atoms with Crippen LogP contribution >= 0.6 is 0 Å². The number of rotatable bonds is 2. The predicted molar refractivity (Wildman–Crippen MR) is 72.0 cm³/mol. The second-order valence-corrected chi connectivity index (χ2v) is 6.01. The number of nitrogens with one attached hydrogen (secondary N) is 1. The minimum atomic E-state index is -0.446. The Labute approximate surface area is 113 Å². The maximum absolute atomic E-state index is 13.4. The molecule has 1 aromatic carbocycles. The Hall–Kier alpha value is -0.960. The minimum absolute atomic E-state index is 0.314. The van der Waals surface area contributed by atoms with Crippen molar-refractivity contribution < 1.29 is 8.78 Å². The summed E-state index contributed by atoms with van der Waals surface area (Å²) in [6.07, 6.45) is 6.17. The molecular weight excluding hydrogens is 244 g/mol. The topological polar surface area (TPSA) is 12.0 Å². The van der Waals surface area contributed by atoms with Crippen molar-refractivity contribution in [2.45, 2.75) is 38.0 Å². The van der Waals surface area contributed by atoms with Gasteiger partial charge < -0.3 is 5.32 Å². The van der Waals surface area contributed by atoms with E-state index in [0.29, 0.717) is 11.8 Å². The van der Waals surface area contributed by atoms with Crippen molar-refractivity contribution >= 4 is 0 Å². The smallest absolute Gasteiger partial charge is 0.126 e. The van der Waals surface area contributed by atoms with Crippen LogP contribution in [0, 0.1) is 23.5 Å². The third kappa shape index (κ3) is 2.81. The molecule has 19 heavy (non-hydrogen) atoms. The molecule has 1 N–H and O–H groups in total. The normalized spacial score (nSPS) is 28.7. The first-order valence-electron chi connectivity index (χ1n) is 7.41. The molecule has 2 unspecified atom stereocenters. The summed E-state index contributed by atoms with van der Waals surface area (Å²) in [6.45, 7) is 1.94. The summed E-state index contributed by atoms with van der Waals surface area (Å²) < 4.78 is 26.9. The summed E-state index contributed by atoms with van der Waals surface area (Å²) >= 11 is 0. The first-order chi connectivity index (χ1) is 9.24. The zero-order valence-corrected chi connectivity index (χ0v) is 11.2. The Balaban J connectivity index is 1.86. The number of hydrogen-bond donors (Lipinski definition) is 1. The highest BCUT2D eigenvalue weighted by molar-refractivity contribution is 5.24. The quantitative estimate of drug-likeness (QED) is 0.856. The zero-order valence-electron chi connectivity index (χ0n) is 11.2. The second-order valence-electron chi connectivity index (χ2n) is 6.01. The van der Waals surface area contributed by atoms with E-state index in [1.807, 2.05) is 0 Å². The van der Waals surface area contributed by atoms with E-state index in [1.54, 1.807) is 0 Å². The lowest BCUT2D eigenvalue weighted by molar-refractivity contribution is 0.230. The van der Waals surface area contributed by atoms with Crippen LogP contribution in [0.3, 0.4) is 0 Å². The van der Waals surface area contributed by atoms with Gasteiger partial charge >= 0.3 is 0 Å². The average molecular weight is 265 g/mol. The van der Waals surface area contributed by atoms with E-state index in [-0.39, 0.29) is 0 Å². The Morgan fingerprint density at radius 3 is 2.32 bits per heavy atom. The predicted octanol–water partition coefficient (Wildman–Crippen LogP) is 3.85. The molecule has 3 rings (SSSR count). The van der Waals surface area contributed by atoms with Gasteiger partial charge in [0, 0.05) is 6.07 Å². The summed E-state index contributed by atoms with van der Waals surface area (Å²) in [4.78, 5) is 0. The molecule has 1 saturated carbocycles. The Bertz CT molecular complexity index is 420. The summed E-state index contributed by atoms with van der Waals surface area (Å²) in [7, 11) is 0. The number of piperidine rings is 1. The van der Waals surface area contributed by atoms with E-state index in [4.69, 9.17) is 0 Å². The highest BCUT2D eigenvalue weighted by atomic mass is 19.1. The van der Waals surface area contributed by atoms with Gasteiger partial charge in [0.15, 0.2) is 0 Å². The summed E-state index contributed by atoms with van der Waals surface area (Å²) in [6, 6.07) is 4.02. The van der Waals surface area contributed by atoms with Gasteiger partial charge in [0.25, 0.3) is 0 Å². The van der Waals surface area contributed by atoms with Gasteiger partial charge in [-0.3, -0.25) is 0 Å². The van der Waals surface area contributed by atoms with Gasteiger partial charge in [-0.1, -0.05) is 25.7 Å². The van der Waals surface area contributed by atoms with Crippen LogP contribution in [0.15, 0.2) is 18.2 Å². The molecule has 1 nitrogen and oxygen atoms in total. The molecule has 1 aliphatic heterocycles. The zero-order chi connectivity index (χ0) is 13.2. The van der Waals surface area contributed by atoms with Crippen molar-refractivity contribution in [3.05, 3.63) is 35.4 Å². The molecule has 104 valence electrons. The summed E-state index contributed by atoms with van der Waals surface area (Å²) in [5.41, 5.74) is 0.857. The van der Waals surface area contributed by atoms with Gasteiger partial charge in [0.05, 0.1) is 0 Å². The van der Waals surface area contributed by atoms with Crippen LogP contribution in [0.2, 0.25) is 0 Å². The SMILES string of the molecule is Fc1cc(F)cc(C2CCNCC2C2CCCC2)c1. The lowest BCUT2D eigenvalue weighted by atomic mass is 9.73. The van der Waals surface area contributed by atoms with Crippen LogP contribution in [0.4, 0.5) is 8.78 Å². The first-order valence-corrected chi connectivity index (χ1v) is 7.41. The third-order valence-electron chi connectivity index (χ3n) is 4.85. The maximum Gasteiger partial charge on any atom is 0.126 e. The molecule has 2 fully saturated rings. The lowest BCUT2D eigenvalue weighted by Gasteiger charge is -2.36. The highest BCUT2D eigenvalue weighted by Crippen LogP contribution is 2.42. The van der Waals surface area contributed by atoms with Gasteiger partial charge in [-0.25, -0.2) is 8.78 Å². The highest BCUT2D eigenvalue weighted by Gasteiger charge is 2.34. The summed E-state index contributed by atoms with van der Waals surface area (Å²) in [5.74, 6) is 0.688. The molecule has 0 aromatic heterocycles. The van der Waals surface area contributed by atoms with Crippen LogP contribution in [-0.2, 0) is 0 Å². The fraction of sp³-hybridized carbons (Fsp3) is 0.625. The van der Waals surface area contributed by atoms with Crippen LogP contribution in [0.5, 0.6) is 0 Å². The molecule has 1 saturated heterocycles. The van der Waals surface area contributed by atoms with Gasteiger partial charge in [0.1, 0.15) is 11.6 Å². The van der Waals surface area contributed by atoms with Gasteiger partial charge in [-0.15, -0.1) is 0 Å². The van der Waals surface area contributed by atoms with Gasteiger partial charge in [0.2, 0.25) is 0 Å². The van der Waals surface area contributed by atoms with Crippen LogP contribution in [0.1, 0.15) is 43.6 Å². The molecule has 1 aliphatic carbocycles. The molecule has 1 aromatic rings. The number of halogens is 2. The minimum Gasteiger partial charge on any atom is -0.316 e. The molecule has 2 atom stereocenters. The lowest BCUT2D eigenvalue weighted by Crippen LogP contribution is -2.38. The van der Waals surface area contributed by atoms with E-state index in [2.05, 4.69) is 5.32 Å². The monoisotopic (exact) mass is 265 g/mol. The van der Waals surface area contributed by atoms with Crippen LogP contribution < -0.4 is 5.32 Å². The van der Waals surface area contributed by atoms with E-state index in [0.717, 1.165) is 37.1 Å². The van der Waals surface area contributed by atoms with Gasteiger partial charge in [-0.05, 0) is 55.0 Å². The molecular formula is C16H21F2N. The first kappa shape index (κ1) is 13.0. The number of benzene rings is 1. The van der Waals surface area contributed by atoms with Crippen LogP contribution in [0.25, 0.3) is 0 Å². The summed E-state index contributed by atoms with van der Waals surface area (Å²) in [5, 5.41) is 3.45. The van der Waals surface area contributed by atoms with E-state index >= 15 is 0 Å². The van der Waals surface area contributed by atoms with Crippen molar-refractivity contribution in [1.82, 2.24) is 5.32 Å². The standard InChI is InChI=1S/C16H21F2N/c17-13-7-12(8-14(18)9-13)15-5-6-19-10-16(15)11-3-1-2-4-11/h7-9,11,15-16,19H,1-6,10H2. The molecule has 0 radical (unpaired) electrons. The van der Waals surface area contributed by atoms with Crippen LogP contribution in [-0.4, -0.2) is 13.1 Å². The molecule has 0 bridgehead atoms. The fourth-order valence-electron chi connectivity index (χ4n) is 3.97. The molecule has 3 heteroatoms. The maximum atomic E-state index is 13.4. The Morgan fingerprint density at radius 2 is 1.63 bits per heavy atom. The van der Waals surface area contributed by atoms with Crippen molar-refractivity contribution in [2.75, 3.05) is 13.1 Å². The molecule has 2 aliphatic rings. The van der Waals surface area contributed by atoms with E-state index in [9.17, 15) is 8.78 Å². The largest absolute Gasteiger partial charge is 0.316 e. The van der Waals surface area contributed by atoms with Gasteiger partial charge in [-0.2, -0.15) is 0 Å². The van der Waals surface area contributed by atoms with Crippen molar-refractivity contribution in [3.63, 3.8) is 0 Å². The molecule has 0 amide bonds. The third-order valence-corrected chi connectivity index (χ3v) is 4.85. The average Bonchev–Trinajstić information content (AvgIpc) is 2.91. The molecule has 0 spiro atoms. The second kappa shape index (κ2) is 5.58. The van der Waals surface area contributed by atoms with Crippen molar-refractivity contribution in [2.24, 2.45) is 11.8 Å². The van der Waals surface area contributed by atoms with E-state index < -0.39 is 11.6 Å². The Morgan fingerprint density at radius 1 is 0.947 bits per heavy atom.